The van der Waals surface area contributed by atoms with Gasteiger partial charge < -0.3 is 4.90 Å². The number of rotatable bonds is 2. The molecule has 2 aromatic carbocycles. The molecule has 22 heavy (non-hydrogen) atoms. The van der Waals surface area contributed by atoms with Crippen LogP contribution >= 0.6 is 11.6 Å². The Hall–Kier alpha value is -1.84. The summed E-state index contributed by atoms with van der Waals surface area (Å²) >= 11 is 6.29. The number of halogens is 1. The van der Waals surface area contributed by atoms with E-state index in [1.165, 1.54) is 5.56 Å². The Morgan fingerprint density at radius 3 is 2.82 bits per heavy atom. The van der Waals surface area contributed by atoms with Gasteiger partial charge >= 0.3 is 0 Å². The molecule has 2 aliphatic heterocycles. The zero-order valence-electron chi connectivity index (χ0n) is 12.5. The van der Waals surface area contributed by atoms with Crippen molar-refractivity contribution >= 4 is 23.1 Å². The van der Waals surface area contributed by atoms with Gasteiger partial charge in [-0.05, 0) is 23.8 Å². The highest BCUT2D eigenvalue weighted by atomic mass is 35.5. The maximum absolute atomic E-state index is 6.29. The summed E-state index contributed by atoms with van der Waals surface area (Å²) < 4.78 is 0. The summed E-state index contributed by atoms with van der Waals surface area (Å²) in [4.78, 5) is 7.25. The Kier molecular flexibility index (Phi) is 3.21. The van der Waals surface area contributed by atoms with Crippen LogP contribution in [-0.2, 0) is 5.66 Å². The lowest BCUT2D eigenvalue weighted by atomic mass is 9.87. The van der Waals surface area contributed by atoms with Crippen molar-refractivity contribution in [3.8, 4) is 0 Å². The second-order valence-corrected chi connectivity index (χ2v) is 6.13. The zero-order valence-corrected chi connectivity index (χ0v) is 13.3. The predicted octanol–water partition coefficient (Wildman–Crippen LogP) is 3.90. The quantitative estimate of drug-likeness (QED) is 0.911. The normalized spacial score (nSPS) is 23.0. The fourth-order valence-corrected chi connectivity index (χ4v) is 3.80. The second kappa shape index (κ2) is 5.11. The van der Waals surface area contributed by atoms with E-state index in [-0.39, 0.29) is 5.66 Å². The molecular weight excluding hydrogens is 294 g/mol. The first-order chi connectivity index (χ1) is 10.8. The molecule has 2 aromatic rings. The number of fused-ring (bicyclic) bond motifs is 3. The Balaban J connectivity index is 2.03. The maximum Gasteiger partial charge on any atom is 0.147 e. The molecule has 3 nitrogen and oxygen atoms in total. The molecular formula is C18H18ClN3. The molecule has 2 aliphatic rings. The highest BCUT2D eigenvalue weighted by molar-refractivity contribution is 6.30. The molecule has 0 amide bonds. The van der Waals surface area contributed by atoms with Crippen molar-refractivity contribution < 1.29 is 0 Å². The lowest BCUT2D eigenvalue weighted by Gasteiger charge is -2.44. The highest BCUT2D eigenvalue weighted by Gasteiger charge is 2.48. The van der Waals surface area contributed by atoms with E-state index in [9.17, 15) is 0 Å². The van der Waals surface area contributed by atoms with Crippen molar-refractivity contribution in [3.63, 3.8) is 0 Å². The van der Waals surface area contributed by atoms with E-state index in [2.05, 4.69) is 47.5 Å². The molecule has 4 rings (SSSR count). The topological polar surface area (TPSA) is 27.6 Å². The minimum atomic E-state index is -0.353. The van der Waals surface area contributed by atoms with E-state index >= 15 is 0 Å². The van der Waals surface area contributed by atoms with Gasteiger partial charge in [0, 0.05) is 30.1 Å². The fourth-order valence-electron chi connectivity index (χ4n) is 3.63. The molecule has 112 valence electrons. The first-order valence-corrected chi connectivity index (χ1v) is 8.09. The number of benzene rings is 2. The van der Waals surface area contributed by atoms with Crippen molar-refractivity contribution in [3.05, 3.63) is 64.7 Å². The molecule has 0 radical (unpaired) electrons. The van der Waals surface area contributed by atoms with Gasteiger partial charge in [0.05, 0.1) is 5.69 Å². The van der Waals surface area contributed by atoms with Crippen LogP contribution in [0, 0.1) is 0 Å². The maximum atomic E-state index is 6.29. The first-order valence-electron chi connectivity index (χ1n) is 7.71. The summed E-state index contributed by atoms with van der Waals surface area (Å²) in [7, 11) is 0. The summed E-state index contributed by atoms with van der Waals surface area (Å²) in [6.07, 6.45) is 0.915. The summed E-state index contributed by atoms with van der Waals surface area (Å²) in [5.41, 5.74) is 3.03. The molecule has 1 unspecified atom stereocenters. The molecule has 1 fully saturated rings. The summed E-state index contributed by atoms with van der Waals surface area (Å²) in [5, 5.41) is 4.47. The molecule has 0 saturated carbocycles. The van der Waals surface area contributed by atoms with Crippen LogP contribution in [-0.4, -0.2) is 23.8 Å². The van der Waals surface area contributed by atoms with Crippen LogP contribution < -0.4 is 5.32 Å². The molecule has 2 heterocycles. The Bertz CT molecular complexity index is 741. The largest absolute Gasteiger partial charge is 0.333 e. The molecule has 0 aliphatic carbocycles. The van der Waals surface area contributed by atoms with Crippen molar-refractivity contribution in [2.24, 2.45) is 4.99 Å². The average Bonchev–Trinajstić information content (AvgIpc) is 3.01. The lowest BCUT2D eigenvalue weighted by Crippen LogP contribution is -2.53. The number of aliphatic imine (C=N–C) groups is 1. The van der Waals surface area contributed by atoms with Crippen LogP contribution in [0.1, 0.15) is 24.5 Å². The number of amidine groups is 1. The average molecular weight is 312 g/mol. The summed E-state index contributed by atoms with van der Waals surface area (Å²) in [6, 6.07) is 16.6. The van der Waals surface area contributed by atoms with Crippen LogP contribution in [0.5, 0.6) is 0 Å². The molecule has 0 aromatic heterocycles. The van der Waals surface area contributed by atoms with E-state index in [0.29, 0.717) is 0 Å². The van der Waals surface area contributed by atoms with Crippen molar-refractivity contribution in [2.75, 3.05) is 13.1 Å². The summed E-state index contributed by atoms with van der Waals surface area (Å²) in [6.45, 7) is 4.04. The van der Waals surface area contributed by atoms with Crippen LogP contribution in [0.15, 0.2) is 53.5 Å². The minimum absolute atomic E-state index is 0.353. The fraction of sp³-hybridized carbons (Fsp3) is 0.278. The van der Waals surface area contributed by atoms with Crippen molar-refractivity contribution in [1.82, 2.24) is 10.2 Å². The van der Waals surface area contributed by atoms with Gasteiger partial charge in [-0.3, -0.25) is 5.32 Å². The predicted molar refractivity (Wildman–Crippen MR) is 90.8 cm³/mol. The smallest absolute Gasteiger partial charge is 0.147 e. The highest BCUT2D eigenvalue weighted by Crippen LogP contribution is 2.45. The van der Waals surface area contributed by atoms with Crippen molar-refractivity contribution in [2.45, 2.75) is 19.0 Å². The molecule has 0 bridgehead atoms. The van der Waals surface area contributed by atoms with Gasteiger partial charge in [-0.25, -0.2) is 4.99 Å². The monoisotopic (exact) mass is 311 g/mol. The van der Waals surface area contributed by atoms with E-state index in [1.807, 2.05) is 18.2 Å². The van der Waals surface area contributed by atoms with E-state index in [4.69, 9.17) is 16.6 Å². The first kappa shape index (κ1) is 13.8. The third-order valence-corrected chi connectivity index (χ3v) is 4.77. The van der Waals surface area contributed by atoms with Gasteiger partial charge in [0.15, 0.2) is 0 Å². The van der Waals surface area contributed by atoms with Crippen LogP contribution in [0.25, 0.3) is 0 Å². The van der Waals surface area contributed by atoms with Crippen molar-refractivity contribution in [1.29, 1.82) is 0 Å². The lowest BCUT2D eigenvalue weighted by molar-refractivity contribution is 0.251. The third-order valence-electron chi connectivity index (χ3n) is 4.54. The number of nitrogens with zero attached hydrogens (tertiary/aromatic N) is 2. The van der Waals surface area contributed by atoms with Gasteiger partial charge in [0.25, 0.3) is 0 Å². The van der Waals surface area contributed by atoms with Gasteiger partial charge in [-0.1, -0.05) is 48.9 Å². The van der Waals surface area contributed by atoms with E-state index < -0.39 is 0 Å². The standard InChI is InChI=1S/C18H18ClN3/c1-2-17-21-16-9-8-14(19)12-15(16)18(20-10-11-22(17)18)13-6-4-3-5-7-13/h3-9,12,20H,2,10-11H2,1H3. The second-order valence-electron chi connectivity index (χ2n) is 5.70. The minimum Gasteiger partial charge on any atom is -0.333 e. The summed E-state index contributed by atoms with van der Waals surface area (Å²) in [5.74, 6) is 1.13. The van der Waals surface area contributed by atoms with Crippen LogP contribution in [0.3, 0.4) is 0 Å². The molecule has 0 spiro atoms. The van der Waals surface area contributed by atoms with Crippen LogP contribution in [0.4, 0.5) is 5.69 Å². The SMILES string of the molecule is CCC1=Nc2ccc(Cl)cc2C2(c3ccccc3)NCCN12. The Labute approximate surface area is 135 Å². The molecule has 1 saturated heterocycles. The van der Waals surface area contributed by atoms with Gasteiger partial charge in [-0.15, -0.1) is 0 Å². The molecule has 4 heteroatoms. The Morgan fingerprint density at radius 1 is 1.23 bits per heavy atom. The Morgan fingerprint density at radius 2 is 2.05 bits per heavy atom. The zero-order chi connectivity index (χ0) is 15.2. The number of hydrogen-bond donors (Lipinski definition) is 1. The van der Waals surface area contributed by atoms with Gasteiger partial charge in [0.1, 0.15) is 11.5 Å². The molecule has 1 atom stereocenters. The molecule has 1 N–H and O–H groups in total. The van der Waals surface area contributed by atoms with E-state index in [1.54, 1.807) is 0 Å². The number of nitrogens with one attached hydrogen (secondary N) is 1. The van der Waals surface area contributed by atoms with E-state index in [0.717, 1.165) is 41.6 Å². The van der Waals surface area contributed by atoms with Crippen LogP contribution in [0.2, 0.25) is 5.02 Å². The number of hydrogen-bond acceptors (Lipinski definition) is 3. The van der Waals surface area contributed by atoms with Gasteiger partial charge in [0.2, 0.25) is 0 Å². The third kappa shape index (κ3) is 1.82. The van der Waals surface area contributed by atoms with Gasteiger partial charge in [-0.2, -0.15) is 0 Å².